The third-order valence-corrected chi connectivity index (χ3v) is 1.66. The third kappa shape index (κ3) is 1.52. The third-order valence-electron chi connectivity index (χ3n) is 1.66. The van der Waals surface area contributed by atoms with Gasteiger partial charge in [-0.3, -0.25) is 9.36 Å². The molecule has 1 N–H and O–H groups in total. The van der Waals surface area contributed by atoms with Gasteiger partial charge in [0.05, 0.1) is 5.48 Å². The van der Waals surface area contributed by atoms with Crippen molar-refractivity contribution in [3.05, 3.63) is 58.9 Å². The summed E-state index contributed by atoms with van der Waals surface area (Å²) in [6.07, 6.45) is 1.35. The Morgan fingerprint density at radius 2 is 1.93 bits per heavy atom. The standard InChI is InChI=1S/C11H9NO2/c13-10-6-4-9(5-7-10)12-8-2-1-3-11(12)14/h1-8,13H/i4D,5D,6D,7D. The fraction of sp³-hybridized carbons (Fsp3) is 0. The summed E-state index contributed by atoms with van der Waals surface area (Å²) in [6, 6.07) is 2.25. The van der Waals surface area contributed by atoms with Crippen molar-refractivity contribution < 1.29 is 10.6 Å². The summed E-state index contributed by atoms with van der Waals surface area (Å²) in [6.45, 7) is 0. The van der Waals surface area contributed by atoms with Crippen LogP contribution in [-0.2, 0) is 0 Å². The van der Waals surface area contributed by atoms with Gasteiger partial charge in [-0.05, 0) is 30.2 Å². The van der Waals surface area contributed by atoms with Gasteiger partial charge in [-0.15, -0.1) is 0 Å². The van der Waals surface area contributed by atoms with Gasteiger partial charge in [-0.2, -0.15) is 0 Å². The summed E-state index contributed by atoms with van der Waals surface area (Å²) < 4.78 is 31.4. The molecule has 2 rings (SSSR count). The van der Waals surface area contributed by atoms with Crippen molar-refractivity contribution in [2.45, 2.75) is 0 Å². The van der Waals surface area contributed by atoms with Crippen LogP contribution in [0, 0.1) is 0 Å². The molecule has 70 valence electrons. The molecule has 0 aliphatic rings. The summed E-state index contributed by atoms with van der Waals surface area (Å²) in [5.74, 6) is -0.724. The quantitative estimate of drug-likeness (QED) is 0.743. The zero-order valence-corrected chi connectivity index (χ0v) is 7.11. The number of benzene rings is 1. The molecule has 0 saturated heterocycles. The number of nitrogens with zero attached hydrogens (tertiary/aromatic N) is 1. The van der Waals surface area contributed by atoms with Crippen molar-refractivity contribution >= 4 is 0 Å². The molecule has 14 heavy (non-hydrogen) atoms. The van der Waals surface area contributed by atoms with E-state index in [-0.39, 0.29) is 5.69 Å². The molecule has 3 nitrogen and oxygen atoms in total. The highest BCUT2D eigenvalue weighted by molar-refractivity contribution is 5.36. The summed E-state index contributed by atoms with van der Waals surface area (Å²) in [5.41, 5.74) is -0.641. The number of aromatic hydroxyl groups is 1. The summed E-state index contributed by atoms with van der Waals surface area (Å²) in [7, 11) is 0. The lowest BCUT2D eigenvalue weighted by Crippen LogP contribution is -2.15. The Bertz CT molecular complexity index is 652. The van der Waals surface area contributed by atoms with E-state index < -0.39 is 35.5 Å². The SMILES string of the molecule is [2H]c1c([2H])c(-n2ccccc2=O)c([2H])c([2H])c1O. The van der Waals surface area contributed by atoms with Crippen molar-refractivity contribution in [2.24, 2.45) is 0 Å². The monoisotopic (exact) mass is 191 g/mol. The Labute approximate surface area is 86.5 Å². The topological polar surface area (TPSA) is 42.2 Å². The minimum absolute atomic E-state index is 0.173. The van der Waals surface area contributed by atoms with Gasteiger partial charge in [-0.25, -0.2) is 0 Å². The van der Waals surface area contributed by atoms with Gasteiger partial charge in [-0.1, -0.05) is 6.07 Å². The Hall–Kier alpha value is -2.03. The van der Waals surface area contributed by atoms with Crippen molar-refractivity contribution in [1.29, 1.82) is 0 Å². The second-order valence-electron chi connectivity index (χ2n) is 2.61. The van der Waals surface area contributed by atoms with E-state index in [0.29, 0.717) is 0 Å². The van der Waals surface area contributed by atoms with E-state index in [1.807, 2.05) is 0 Å². The summed E-state index contributed by atoms with van der Waals surface area (Å²) in [5, 5.41) is 9.41. The molecule has 0 fully saturated rings. The van der Waals surface area contributed by atoms with Crippen molar-refractivity contribution in [3.8, 4) is 11.4 Å². The number of hydrogen-bond acceptors (Lipinski definition) is 2. The highest BCUT2D eigenvalue weighted by Gasteiger charge is 1.96. The minimum Gasteiger partial charge on any atom is -0.508 e. The first-order valence-electron chi connectivity index (χ1n) is 5.92. The zero-order valence-electron chi connectivity index (χ0n) is 11.1. The number of rotatable bonds is 1. The first-order valence-corrected chi connectivity index (χ1v) is 3.92. The molecular formula is C11H9NO2. The lowest BCUT2D eigenvalue weighted by Gasteiger charge is -2.03. The molecule has 1 heterocycles. The van der Waals surface area contributed by atoms with E-state index in [4.69, 9.17) is 5.48 Å². The Balaban J connectivity index is 2.89. The fourth-order valence-corrected chi connectivity index (χ4v) is 1.03. The lowest BCUT2D eigenvalue weighted by atomic mass is 10.3. The highest BCUT2D eigenvalue weighted by atomic mass is 16.3. The average Bonchev–Trinajstić information content (AvgIpc) is 2.36. The maximum atomic E-state index is 11.6. The van der Waals surface area contributed by atoms with Gasteiger partial charge >= 0.3 is 0 Å². The first kappa shape index (κ1) is 5.00. The number of pyridine rings is 1. The molecule has 0 atom stereocenters. The number of phenols is 1. The van der Waals surface area contributed by atoms with Crippen molar-refractivity contribution in [3.63, 3.8) is 0 Å². The Morgan fingerprint density at radius 1 is 1.21 bits per heavy atom. The van der Waals surface area contributed by atoms with Crippen molar-refractivity contribution in [1.82, 2.24) is 4.57 Å². The molecule has 0 amide bonds. The Morgan fingerprint density at radius 3 is 2.57 bits per heavy atom. The first-order chi connectivity index (χ1) is 8.45. The molecule has 1 aromatic carbocycles. The van der Waals surface area contributed by atoms with Crippen molar-refractivity contribution in [2.75, 3.05) is 0 Å². The van der Waals surface area contributed by atoms with Crippen LogP contribution in [0.5, 0.6) is 5.75 Å². The van der Waals surface area contributed by atoms with E-state index in [1.165, 1.54) is 18.3 Å². The highest BCUT2D eigenvalue weighted by Crippen LogP contribution is 2.11. The molecule has 0 bridgehead atoms. The lowest BCUT2D eigenvalue weighted by molar-refractivity contribution is 0.475. The van der Waals surface area contributed by atoms with E-state index >= 15 is 0 Å². The Kier molecular flexibility index (Phi) is 1.21. The molecule has 0 unspecified atom stereocenters. The second kappa shape index (κ2) is 3.38. The van der Waals surface area contributed by atoms with Crippen LogP contribution < -0.4 is 5.56 Å². The van der Waals surface area contributed by atoms with Crippen LogP contribution in [-0.4, -0.2) is 9.67 Å². The van der Waals surface area contributed by atoms with E-state index in [1.54, 1.807) is 6.07 Å². The van der Waals surface area contributed by atoms with Crippen LogP contribution in [0.2, 0.25) is 0 Å². The minimum atomic E-state index is -0.724. The van der Waals surface area contributed by atoms with Crippen LogP contribution >= 0.6 is 0 Å². The molecule has 0 aliphatic heterocycles. The predicted molar refractivity (Wildman–Crippen MR) is 53.7 cm³/mol. The number of phenolic OH excluding ortho intramolecular Hbond substituents is 1. The molecule has 0 aliphatic carbocycles. The van der Waals surface area contributed by atoms with Gasteiger partial charge in [0.15, 0.2) is 0 Å². The normalized spacial score (nSPS) is 14.0. The van der Waals surface area contributed by atoms with Gasteiger partial charge < -0.3 is 5.11 Å². The smallest absolute Gasteiger partial charge is 0.255 e. The van der Waals surface area contributed by atoms with E-state index in [0.717, 1.165) is 4.57 Å². The maximum absolute atomic E-state index is 11.6. The van der Waals surface area contributed by atoms with Gasteiger partial charge in [0.25, 0.3) is 5.56 Å². The summed E-state index contributed by atoms with van der Waals surface area (Å²) in [4.78, 5) is 11.6. The van der Waals surface area contributed by atoms with Crippen LogP contribution in [0.1, 0.15) is 5.48 Å². The van der Waals surface area contributed by atoms with Gasteiger partial charge in [0, 0.05) is 18.0 Å². The summed E-state index contributed by atoms with van der Waals surface area (Å²) >= 11 is 0. The largest absolute Gasteiger partial charge is 0.508 e. The van der Waals surface area contributed by atoms with Gasteiger partial charge in [0.1, 0.15) is 5.75 Å². The van der Waals surface area contributed by atoms with Crippen LogP contribution in [0.4, 0.5) is 0 Å². The van der Waals surface area contributed by atoms with E-state index in [9.17, 15) is 9.90 Å². The zero-order chi connectivity index (χ0) is 13.4. The second-order valence-corrected chi connectivity index (χ2v) is 2.61. The average molecular weight is 191 g/mol. The van der Waals surface area contributed by atoms with E-state index in [2.05, 4.69) is 0 Å². The molecule has 3 heteroatoms. The van der Waals surface area contributed by atoms with Crippen LogP contribution in [0.3, 0.4) is 0 Å². The van der Waals surface area contributed by atoms with Crippen LogP contribution in [0.15, 0.2) is 53.4 Å². The van der Waals surface area contributed by atoms with Gasteiger partial charge in [0.2, 0.25) is 0 Å². The molecular weight excluding hydrogens is 178 g/mol. The molecule has 2 aromatic rings. The molecule has 0 radical (unpaired) electrons. The molecule has 1 aromatic heterocycles. The van der Waals surface area contributed by atoms with Crippen LogP contribution in [0.25, 0.3) is 5.69 Å². The number of hydrogen-bond donors (Lipinski definition) is 1. The molecule has 0 spiro atoms. The fourth-order valence-electron chi connectivity index (χ4n) is 1.03. The number of aromatic nitrogens is 1. The molecule has 0 saturated carbocycles. The predicted octanol–water partition coefficient (Wildman–Crippen LogP) is 1.54. The maximum Gasteiger partial charge on any atom is 0.255 e.